The summed E-state index contributed by atoms with van der Waals surface area (Å²) < 4.78 is 9.87. The molecule has 4 heteroatoms. The second-order valence-electron chi connectivity index (χ2n) is 33.6. The van der Waals surface area contributed by atoms with Crippen LogP contribution in [0.3, 0.4) is 0 Å². The Balaban J connectivity index is 0.000000130. The summed E-state index contributed by atoms with van der Waals surface area (Å²) in [4.78, 5) is 0. The normalized spacial score (nSPS) is 12.2. The number of hydrogen-bond donors (Lipinski definition) is 0. The molecule has 4 nitrogen and oxygen atoms in total. The molecule has 4 aromatic heterocycles. The molecule has 0 radical (unpaired) electrons. The van der Waals surface area contributed by atoms with Crippen molar-refractivity contribution in [2.45, 2.75) is 0 Å². The molecule has 2 aliphatic carbocycles. The van der Waals surface area contributed by atoms with Crippen molar-refractivity contribution in [1.82, 2.24) is 18.3 Å². The zero-order chi connectivity index (χ0) is 80.9. The molecule has 0 amide bonds. The summed E-state index contributed by atoms with van der Waals surface area (Å²) in [7, 11) is 0. The maximum atomic E-state index is 2.50. The predicted octanol–water partition coefficient (Wildman–Crippen LogP) is 32.6. The Morgan fingerprint density at radius 2 is 0.427 bits per heavy atom. The van der Waals surface area contributed by atoms with Crippen molar-refractivity contribution in [1.29, 1.82) is 0 Å². The summed E-state index contributed by atoms with van der Waals surface area (Å²) in [6.07, 6.45) is 0. The molecule has 4 heterocycles. The molecule has 2 aliphatic rings. The third-order valence-corrected chi connectivity index (χ3v) is 27.3. The molecule has 26 aromatic rings. The fourth-order valence-electron chi connectivity index (χ4n) is 21.8. The van der Waals surface area contributed by atoms with Crippen molar-refractivity contribution < 1.29 is 0 Å². The Bertz CT molecular complexity index is 9080. The van der Waals surface area contributed by atoms with Gasteiger partial charge in [0.1, 0.15) is 0 Å². The Kier molecular flexibility index (Phi) is 14.7. The third-order valence-electron chi connectivity index (χ3n) is 27.3. The first kappa shape index (κ1) is 68.5. The Morgan fingerprint density at radius 3 is 0.903 bits per heavy atom. The standard InChI is InChI=1S/2C60H36N2/c1-3-17-44-37(12-1)14-10-25-55(44)62-56-24-8-7-21-48(56)53-35-39(28-33-58(53)62)40-27-32-57-54(36-40)52-29-26-38-13-2-4-18-45(38)60(52)61(57)42-16-9-15-41(34-42)43-30-31-51-47-20-6-5-19-46(47)50-23-11-22-49(43)59(50)51;1-3-17-44-37(12-1)14-10-25-55(44)62-58-33-28-40(36-54(58)52-29-26-38-13-2-4-18-45(38)60(52)62)39-27-32-57-53(35-39)48-21-7-8-24-56(48)61(57)42-16-9-15-41(34-42)43-30-31-51-47-20-6-5-19-46(47)50-23-11-22-49(43)59(50)51/h2*1-36H. The van der Waals surface area contributed by atoms with Gasteiger partial charge in [0.15, 0.2) is 0 Å². The van der Waals surface area contributed by atoms with Gasteiger partial charge in [-0.05, 0) is 229 Å². The highest BCUT2D eigenvalue weighted by Crippen LogP contribution is 2.53. The van der Waals surface area contributed by atoms with E-state index >= 15 is 0 Å². The van der Waals surface area contributed by atoms with Crippen molar-refractivity contribution in [3.05, 3.63) is 437 Å². The molecule has 22 aromatic carbocycles. The SMILES string of the molecule is c1cc(-c2ccc3c4c(cccc24)-c2ccccc2-3)cc(-n2c3ccc(-c4ccc5c(c4)c4ccccc4n5-c4cccc5ccccc45)cc3c3ccc4ccccc4c32)c1.c1cc(-c2ccc3c4c(cccc24)-c2ccccc2-3)cc(-n2c3ccccc3c3cc(-c4ccc5c(c4)c4ccc6ccccc6c4n5-c4cccc5ccccc45)ccc32)c1. The Labute approximate surface area is 713 Å². The molecule has 572 valence electrons. The minimum Gasteiger partial charge on any atom is -0.309 e. The summed E-state index contributed by atoms with van der Waals surface area (Å²) >= 11 is 0. The van der Waals surface area contributed by atoms with Crippen LogP contribution in [0.5, 0.6) is 0 Å². The molecule has 0 bridgehead atoms. The molecule has 0 unspecified atom stereocenters. The molecular weight excluding hydrogens is 1500 g/mol. The van der Waals surface area contributed by atoms with Gasteiger partial charge in [-0.2, -0.15) is 0 Å². The van der Waals surface area contributed by atoms with E-state index in [1.54, 1.807) is 0 Å². The first-order valence-electron chi connectivity index (χ1n) is 43.0. The van der Waals surface area contributed by atoms with Crippen LogP contribution in [0.4, 0.5) is 0 Å². The fourth-order valence-corrected chi connectivity index (χ4v) is 21.8. The van der Waals surface area contributed by atoms with E-state index in [4.69, 9.17) is 0 Å². The molecular formula is C120H72N4. The number of rotatable bonds is 8. The number of hydrogen-bond acceptors (Lipinski definition) is 0. The van der Waals surface area contributed by atoms with E-state index in [1.165, 1.54) is 252 Å². The van der Waals surface area contributed by atoms with E-state index in [2.05, 4.69) is 455 Å². The average Bonchev–Trinajstić information content (AvgIpc) is 1.57. The van der Waals surface area contributed by atoms with Crippen LogP contribution < -0.4 is 0 Å². The van der Waals surface area contributed by atoms with Gasteiger partial charge in [-0.1, -0.05) is 340 Å². The van der Waals surface area contributed by atoms with Gasteiger partial charge in [-0.25, -0.2) is 0 Å². The first-order chi connectivity index (χ1) is 61.5. The summed E-state index contributed by atoms with van der Waals surface area (Å²) in [5, 5.41) is 25.3. The summed E-state index contributed by atoms with van der Waals surface area (Å²) in [6, 6.07) is 162. The van der Waals surface area contributed by atoms with E-state index < -0.39 is 0 Å². The van der Waals surface area contributed by atoms with Gasteiger partial charge in [-0.3, -0.25) is 0 Å². The number of aromatic nitrogens is 4. The lowest BCUT2D eigenvalue weighted by Crippen LogP contribution is -1.96. The molecule has 28 rings (SSSR count). The van der Waals surface area contributed by atoms with Gasteiger partial charge in [0.2, 0.25) is 0 Å². The van der Waals surface area contributed by atoms with Gasteiger partial charge in [0.25, 0.3) is 0 Å². The zero-order valence-electron chi connectivity index (χ0n) is 67.4. The van der Waals surface area contributed by atoms with Crippen LogP contribution in [0.2, 0.25) is 0 Å². The molecule has 0 saturated carbocycles. The largest absolute Gasteiger partial charge is 0.309 e. The lowest BCUT2D eigenvalue weighted by atomic mass is 9.94. The number of para-hydroxylation sites is 2. The van der Waals surface area contributed by atoms with E-state index in [-0.39, 0.29) is 0 Å². The summed E-state index contributed by atoms with van der Waals surface area (Å²) in [5.41, 5.74) is 34.8. The van der Waals surface area contributed by atoms with E-state index in [9.17, 15) is 0 Å². The maximum Gasteiger partial charge on any atom is 0.0619 e. The number of fused-ring (bicyclic) bond motifs is 24. The first-order valence-corrected chi connectivity index (χ1v) is 43.0. The van der Waals surface area contributed by atoms with Gasteiger partial charge in [-0.15, -0.1) is 0 Å². The highest BCUT2D eigenvalue weighted by molar-refractivity contribution is 6.25. The average molecular weight is 1570 g/mol. The van der Waals surface area contributed by atoms with Crippen LogP contribution in [0.1, 0.15) is 0 Å². The summed E-state index contributed by atoms with van der Waals surface area (Å²) in [6.45, 7) is 0. The summed E-state index contributed by atoms with van der Waals surface area (Å²) in [5.74, 6) is 0. The van der Waals surface area contributed by atoms with E-state index in [0.29, 0.717) is 0 Å². The fraction of sp³-hybridized carbons (Fsp3) is 0. The Morgan fingerprint density at radius 1 is 0.129 bits per heavy atom. The van der Waals surface area contributed by atoms with Crippen molar-refractivity contribution in [3.8, 4) is 112 Å². The molecule has 0 fully saturated rings. The minimum absolute atomic E-state index is 1.15. The molecule has 0 N–H and O–H groups in total. The molecule has 124 heavy (non-hydrogen) atoms. The van der Waals surface area contributed by atoms with Gasteiger partial charge < -0.3 is 18.3 Å². The number of nitrogens with zero attached hydrogens (tertiary/aromatic N) is 4. The topological polar surface area (TPSA) is 19.7 Å². The predicted molar refractivity (Wildman–Crippen MR) is 526 cm³/mol. The zero-order valence-corrected chi connectivity index (χ0v) is 67.4. The quantitative estimate of drug-likeness (QED) is 0.144. The van der Waals surface area contributed by atoms with Gasteiger partial charge in [0, 0.05) is 76.0 Å². The second kappa shape index (κ2) is 26.5. The molecule has 0 spiro atoms. The van der Waals surface area contributed by atoms with Gasteiger partial charge >= 0.3 is 0 Å². The van der Waals surface area contributed by atoms with E-state index in [1.807, 2.05) is 0 Å². The monoisotopic (exact) mass is 1570 g/mol. The highest BCUT2D eigenvalue weighted by atomic mass is 15.0. The van der Waals surface area contributed by atoms with Crippen molar-refractivity contribution >= 4 is 152 Å². The third kappa shape index (κ3) is 10.0. The van der Waals surface area contributed by atoms with Crippen LogP contribution in [0, 0.1) is 0 Å². The number of benzene rings is 22. The minimum atomic E-state index is 1.15. The lowest BCUT2D eigenvalue weighted by Gasteiger charge is -2.14. The van der Waals surface area contributed by atoms with Crippen LogP contribution in [0.25, 0.3) is 264 Å². The Hall–Kier alpha value is -16.4. The highest BCUT2D eigenvalue weighted by Gasteiger charge is 2.28. The van der Waals surface area contributed by atoms with Crippen molar-refractivity contribution in [2.75, 3.05) is 0 Å². The van der Waals surface area contributed by atoms with Crippen LogP contribution >= 0.6 is 0 Å². The van der Waals surface area contributed by atoms with Crippen LogP contribution in [-0.2, 0) is 0 Å². The molecule has 0 atom stereocenters. The lowest BCUT2D eigenvalue weighted by molar-refractivity contribution is 1.18. The second-order valence-corrected chi connectivity index (χ2v) is 33.6. The van der Waals surface area contributed by atoms with Crippen LogP contribution in [0.15, 0.2) is 437 Å². The molecule has 0 saturated heterocycles. The van der Waals surface area contributed by atoms with Crippen molar-refractivity contribution in [2.24, 2.45) is 0 Å². The van der Waals surface area contributed by atoms with Crippen LogP contribution in [-0.4, -0.2) is 18.3 Å². The van der Waals surface area contributed by atoms with Gasteiger partial charge in [0.05, 0.1) is 55.5 Å². The van der Waals surface area contributed by atoms with E-state index in [0.717, 1.165) is 11.4 Å². The smallest absolute Gasteiger partial charge is 0.0619 e. The molecule has 0 aliphatic heterocycles. The maximum absolute atomic E-state index is 2.50. The van der Waals surface area contributed by atoms with Crippen molar-refractivity contribution in [3.63, 3.8) is 0 Å².